The summed E-state index contributed by atoms with van der Waals surface area (Å²) in [7, 11) is 0. The van der Waals surface area contributed by atoms with Crippen molar-refractivity contribution in [3.63, 3.8) is 0 Å². The molecule has 2 amide bonds. The fraction of sp³-hybridized carbons (Fsp3) is 0.214. The molecule has 0 aliphatic carbocycles. The first kappa shape index (κ1) is 20.8. The number of hydrogen-bond donors (Lipinski definition) is 1. The molecule has 0 unspecified atom stereocenters. The molecule has 1 N–H and O–H groups in total. The van der Waals surface area contributed by atoms with E-state index < -0.39 is 5.92 Å². The molecule has 5 nitrogen and oxygen atoms in total. The van der Waals surface area contributed by atoms with E-state index in [-0.39, 0.29) is 18.4 Å². The summed E-state index contributed by atoms with van der Waals surface area (Å²) in [6.45, 7) is 1.02. The fourth-order valence-corrected chi connectivity index (χ4v) is 4.38. The maximum Gasteiger partial charge on any atom is 0.233 e. The lowest BCUT2D eigenvalue weighted by molar-refractivity contribution is -0.121. The zero-order valence-electron chi connectivity index (χ0n) is 18.2. The Bertz CT molecular complexity index is 1210. The van der Waals surface area contributed by atoms with Gasteiger partial charge in [-0.3, -0.25) is 9.59 Å². The summed E-state index contributed by atoms with van der Waals surface area (Å²) in [5.74, 6) is 7.17. The quantitative estimate of drug-likeness (QED) is 0.610. The summed E-state index contributed by atoms with van der Waals surface area (Å²) in [4.78, 5) is 27.0. The normalized spacial score (nSPS) is 14.9. The summed E-state index contributed by atoms with van der Waals surface area (Å²) in [6, 6.07) is 22.9. The highest BCUT2D eigenvalue weighted by molar-refractivity contribution is 5.94. The van der Waals surface area contributed by atoms with Crippen molar-refractivity contribution in [1.82, 2.24) is 5.32 Å². The second kappa shape index (κ2) is 9.22. The van der Waals surface area contributed by atoms with Crippen LogP contribution in [0.5, 0.6) is 11.5 Å². The number of nitrogens with zero attached hydrogens (tertiary/aromatic N) is 1. The van der Waals surface area contributed by atoms with Crippen LogP contribution < -0.4 is 15.0 Å². The van der Waals surface area contributed by atoms with Gasteiger partial charge in [0.2, 0.25) is 11.8 Å². The molecule has 0 saturated carbocycles. The SMILES string of the molecule is O=C(NCC#Cc1ccc(N2CCCCC2=O)cc1)C1c2ccccc2Oc2ccccc21. The molecule has 1 fully saturated rings. The fourth-order valence-electron chi connectivity index (χ4n) is 4.38. The molecule has 1 saturated heterocycles. The van der Waals surface area contributed by atoms with Crippen LogP contribution in [0.1, 0.15) is 41.9 Å². The monoisotopic (exact) mass is 436 g/mol. The number of carbonyl (C=O) groups excluding carboxylic acids is 2. The molecule has 5 heteroatoms. The van der Waals surface area contributed by atoms with Crippen molar-refractivity contribution in [2.75, 3.05) is 18.0 Å². The summed E-state index contributed by atoms with van der Waals surface area (Å²) in [5.41, 5.74) is 3.46. The molecule has 0 bridgehead atoms. The Morgan fingerprint density at radius 3 is 2.27 bits per heavy atom. The molecule has 3 aromatic carbocycles. The summed E-state index contributed by atoms with van der Waals surface area (Å²) < 4.78 is 5.97. The number of piperidine rings is 1. The molecule has 164 valence electrons. The molecule has 2 aliphatic heterocycles. The zero-order chi connectivity index (χ0) is 22.6. The van der Waals surface area contributed by atoms with E-state index in [4.69, 9.17) is 4.74 Å². The van der Waals surface area contributed by atoms with Crippen molar-refractivity contribution in [1.29, 1.82) is 0 Å². The van der Waals surface area contributed by atoms with Crippen LogP contribution in [0.25, 0.3) is 0 Å². The van der Waals surface area contributed by atoms with Crippen molar-refractivity contribution in [2.24, 2.45) is 0 Å². The Morgan fingerprint density at radius 2 is 1.61 bits per heavy atom. The molecule has 5 rings (SSSR count). The summed E-state index contributed by atoms with van der Waals surface area (Å²) in [6.07, 6.45) is 2.62. The third-order valence-electron chi connectivity index (χ3n) is 6.03. The maximum absolute atomic E-state index is 13.1. The van der Waals surface area contributed by atoms with Gasteiger partial charge in [-0.05, 0) is 49.2 Å². The zero-order valence-corrected chi connectivity index (χ0v) is 18.2. The first-order chi connectivity index (χ1) is 16.2. The van der Waals surface area contributed by atoms with Gasteiger partial charge in [0.25, 0.3) is 0 Å². The van der Waals surface area contributed by atoms with Crippen LogP contribution in [0.15, 0.2) is 72.8 Å². The molecule has 0 aromatic heterocycles. The number of nitrogens with one attached hydrogen (secondary N) is 1. The standard InChI is InChI=1S/C28H24N2O3/c31-26-13-5-6-19-30(26)21-16-14-20(15-17-21)8-7-18-29-28(32)27-22-9-1-3-11-24(22)33-25-12-4-2-10-23(25)27/h1-4,9-12,14-17,27H,5-6,13,18-19H2,(H,29,32). The van der Waals surface area contributed by atoms with Gasteiger partial charge in [0.15, 0.2) is 0 Å². The lowest BCUT2D eigenvalue weighted by atomic mass is 9.87. The molecule has 0 atom stereocenters. The molecular formula is C28H24N2O3. The highest BCUT2D eigenvalue weighted by Crippen LogP contribution is 2.43. The van der Waals surface area contributed by atoms with E-state index in [1.54, 1.807) is 0 Å². The Labute approximate surface area is 193 Å². The van der Waals surface area contributed by atoms with E-state index in [1.807, 2.05) is 77.7 Å². The van der Waals surface area contributed by atoms with E-state index in [0.717, 1.165) is 41.8 Å². The van der Waals surface area contributed by atoms with E-state index in [0.29, 0.717) is 17.9 Å². The molecule has 2 aliphatic rings. The van der Waals surface area contributed by atoms with Crippen molar-refractivity contribution in [3.05, 3.63) is 89.5 Å². The average Bonchev–Trinajstić information content (AvgIpc) is 2.86. The number of anilines is 1. The van der Waals surface area contributed by atoms with Gasteiger partial charge in [0.05, 0.1) is 12.5 Å². The van der Waals surface area contributed by atoms with Gasteiger partial charge in [-0.25, -0.2) is 0 Å². The van der Waals surface area contributed by atoms with Crippen LogP contribution >= 0.6 is 0 Å². The number of para-hydroxylation sites is 2. The minimum atomic E-state index is -0.436. The maximum atomic E-state index is 13.1. The molecule has 33 heavy (non-hydrogen) atoms. The van der Waals surface area contributed by atoms with Crippen LogP contribution in [0.4, 0.5) is 5.69 Å². The van der Waals surface area contributed by atoms with Gasteiger partial charge in [0, 0.05) is 35.3 Å². The smallest absolute Gasteiger partial charge is 0.233 e. The first-order valence-corrected chi connectivity index (χ1v) is 11.2. The molecule has 3 aromatic rings. The van der Waals surface area contributed by atoms with Crippen molar-refractivity contribution >= 4 is 17.5 Å². The highest BCUT2D eigenvalue weighted by Gasteiger charge is 2.32. The summed E-state index contributed by atoms with van der Waals surface area (Å²) >= 11 is 0. The van der Waals surface area contributed by atoms with E-state index >= 15 is 0 Å². The van der Waals surface area contributed by atoms with Gasteiger partial charge in [-0.1, -0.05) is 48.2 Å². The lowest BCUT2D eigenvalue weighted by Gasteiger charge is -2.27. The Hall–Kier alpha value is -4.04. The van der Waals surface area contributed by atoms with E-state index in [2.05, 4.69) is 17.2 Å². The number of carbonyl (C=O) groups is 2. The predicted octanol–water partition coefficient (Wildman–Crippen LogP) is 4.61. The number of hydrogen-bond acceptors (Lipinski definition) is 3. The van der Waals surface area contributed by atoms with E-state index in [1.165, 1.54) is 0 Å². The second-order valence-corrected chi connectivity index (χ2v) is 8.18. The van der Waals surface area contributed by atoms with Gasteiger partial charge >= 0.3 is 0 Å². The molecule has 2 heterocycles. The third kappa shape index (κ3) is 4.33. The van der Waals surface area contributed by atoms with Gasteiger partial charge < -0.3 is 15.0 Å². The van der Waals surface area contributed by atoms with Crippen LogP contribution in [-0.2, 0) is 9.59 Å². The topological polar surface area (TPSA) is 58.6 Å². The van der Waals surface area contributed by atoms with E-state index in [9.17, 15) is 9.59 Å². The first-order valence-electron chi connectivity index (χ1n) is 11.2. The van der Waals surface area contributed by atoms with Gasteiger partial charge in [0.1, 0.15) is 11.5 Å². The number of benzene rings is 3. The van der Waals surface area contributed by atoms with Gasteiger partial charge in [-0.15, -0.1) is 0 Å². The van der Waals surface area contributed by atoms with Crippen molar-refractivity contribution in [2.45, 2.75) is 25.2 Å². The Balaban J connectivity index is 1.26. The van der Waals surface area contributed by atoms with Crippen LogP contribution in [0.2, 0.25) is 0 Å². The molecule has 0 radical (unpaired) electrons. The number of amides is 2. The molecular weight excluding hydrogens is 412 g/mol. The van der Waals surface area contributed by atoms with Crippen molar-refractivity contribution < 1.29 is 14.3 Å². The number of fused-ring (bicyclic) bond motifs is 2. The van der Waals surface area contributed by atoms with Crippen LogP contribution in [0, 0.1) is 11.8 Å². The largest absolute Gasteiger partial charge is 0.457 e. The minimum absolute atomic E-state index is 0.105. The van der Waals surface area contributed by atoms with Crippen molar-refractivity contribution in [3.8, 4) is 23.3 Å². The minimum Gasteiger partial charge on any atom is -0.457 e. The number of ether oxygens (including phenoxy) is 1. The van der Waals surface area contributed by atoms with Crippen LogP contribution in [-0.4, -0.2) is 24.9 Å². The third-order valence-corrected chi connectivity index (χ3v) is 6.03. The van der Waals surface area contributed by atoms with Gasteiger partial charge in [-0.2, -0.15) is 0 Å². The average molecular weight is 437 g/mol. The lowest BCUT2D eigenvalue weighted by Crippen LogP contribution is -2.35. The summed E-state index contributed by atoms with van der Waals surface area (Å²) in [5, 5.41) is 2.95. The number of rotatable bonds is 3. The van der Waals surface area contributed by atoms with Crippen LogP contribution in [0.3, 0.4) is 0 Å². The predicted molar refractivity (Wildman–Crippen MR) is 127 cm³/mol. The second-order valence-electron chi connectivity index (χ2n) is 8.18. The highest BCUT2D eigenvalue weighted by atomic mass is 16.5. The Kier molecular flexibility index (Phi) is 5.82. The molecule has 0 spiro atoms. The Morgan fingerprint density at radius 1 is 0.939 bits per heavy atom.